The first-order chi connectivity index (χ1) is 8.39. The zero-order valence-corrected chi connectivity index (χ0v) is 13.4. The second-order valence-electron chi connectivity index (χ2n) is 7.85. The molecule has 0 aromatic heterocycles. The van der Waals surface area contributed by atoms with Gasteiger partial charge in [-0.15, -0.1) is 0 Å². The van der Waals surface area contributed by atoms with Gasteiger partial charge in [0.2, 0.25) is 0 Å². The fourth-order valence-corrected chi connectivity index (χ4v) is 3.11. The summed E-state index contributed by atoms with van der Waals surface area (Å²) >= 11 is 0. The van der Waals surface area contributed by atoms with Gasteiger partial charge in [-0.25, -0.2) is 0 Å². The third-order valence-corrected chi connectivity index (χ3v) is 4.51. The van der Waals surface area contributed by atoms with Crippen molar-refractivity contribution in [2.75, 3.05) is 13.1 Å². The highest BCUT2D eigenvalue weighted by molar-refractivity contribution is 4.80. The molecule has 1 saturated carbocycles. The van der Waals surface area contributed by atoms with Crippen LogP contribution in [0.15, 0.2) is 0 Å². The summed E-state index contributed by atoms with van der Waals surface area (Å²) in [5, 5.41) is 3.68. The molecule has 1 aliphatic rings. The maximum absolute atomic E-state index is 3.68. The molecule has 0 heterocycles. The Bertz CT molecular complexity index is 208. The molecule has 0 bridgehead atoms. The third kappa shape index (κ3) is 6.22. The van der Waals surface area contributed by atoms with Crippen LogP contribution in [-0.2, 0) is 0 Å². The molecule has 108 valence electrons. The predicted octanol–water partition coefficient (Wildman–Crippen LogP) is 4.86. The van der Waals surface area contributed by atoms with Gasteiger partial charge < -0.3 is 5.32 Å². The van der Waals surface area contributed by atoms with Crippen LogP contribution >= 0.6 is 0 Å². The Balaban J connectivity index is 2.39. The van der Waals surface area contributed by atoms with E-state index < -0.39 is 0 Å². The Morgan fingerprint density at radius 2 is 1.61 bits per heavy atom. The first-order valence-electron chi connectivity index (χ1n) is 8.10. The van der Waals surface area contributed by atoms with E-state index in [2.05, 4.69) is 39.9 Å². The van der Waals surface area contributed by atoms with Gasteiger partial charge in [0, 0.05) is 0 Å². The van der Waals surface area contributed by atoms with Crippen LogP contribution in [-0.4, -0.2) is 13.1 Å². The minimum absolute atomic E-state index is 0.446. The molecule has 0 aliphatic heterocycles. The van der Waals surface area contributed by atoms with Crippen molar-refractivity contribution >= 4 is 0 Å². The second kappa shape index (κ2) is 7.53. The van der Waals surface area contributed by atoms with Gasteiger partial charge in [0.05, 0.1) is 0 Å². The molecule has 18 heavy (non-hydrogen) atoms. The Morgan fingerprint density at radius 1 is 1.00 bits per heavy atom. The second-order valence-corrected chi connectivity index (χ2v) is 7.85. The Hall–Kier alpha value is -0.0400. The summed E-state index contributed by atoms with van der Waals surface area (Å²) in [6.45, 7) is 14.2. The molecular formula is C17H35N. The molecule has 1 nitrogen and oxygen atoms in total. The van der Waals surface area contributed by atoms with Crippen molar-refractivity contribution in [3.63, 3.8) is 0 Å². The minimum atomic E-state index is 0.446. The minimum Gasteiger partial charge on any atom is -0.316 e. The highest BCUT2D eigenvalue weighted by Gasteiger charge is 2.27. The van der Waals surface area contributed by atoms with Crippen LogP contribution in [0.1, 0.15) is 73.1 Å². The summed E-state index contributed by atoms with van der Waals surface area (Å²) in [6, 6.07) is 0. The van der Waals surface area contributed by atoms with Crippen LogP contribution in [0.2, 0.25) is 0 Å². The van der Waals surface area contributed by atoms with E-state index in [1.165, 1.54) is 45.1 Å². The Labute approximate surface area is 115 Å². The summed E-state index contributed by atoms with van der Waals surface area (Å²) in [7, 11) is 0. The first-order valence-corrected chi connectivity index (χ1v) is 8.10. The lowest BCUT2D eigenvalue weighted by molar-refractivity contribution is 0.170. The monoisotopic (exact) mass is 253 g/mol. The number of rotatable bonds is 6. The fraction of sp³-hybridized carbons (Fsp3) is 1.00. The van der Waals surface area contributed by atoms with Gasteiger partial charge in [0.25, 0.3) is 0 Å². The van der Waals surface area contributed by atoms with Crippen LogP contribution in [0.3, 0.4) is 0 Å². The van der Waals surface area contributed by atoms with E-state index in [4.69, 9.17) is 0 Å². The molecule has 1 aliphatic carbocycles. The first kappa shape index (κ1) is 16.0. The van der Waals surface area contributed by atoms with Crippen molar-refractivity contribution < 1.29 is 0 Å². The molecule has 1 atom stereocenters. The highest BCUT2D eigenvalue weighted by atomic mass is 14.9. The lowest BCUT2D eigenvalue weighted by atomic mass is 9.73. The average Bonchev–Trinajstić information content (AvgIpc) is 2.27. The van der Waals surface area contributed by atoms with Gasteiger partial charge in [-0.3, -0.25) is 0 Å². The Morgan fingerprint density at radius 3 is 2.11 bits per heavy atom. The van der Waals surface area contributed by atoms with E-state index in [0.29, 0.717) is 5.41 Å². The number of hydrogen-bond donors (Lipinski definition) is 1. The van der Waals surface area contributed by atoms with Gasteiger partial charge >= 0.3 is 0 Å². The Kier molecular flexibility index (Phi) is 6.70. The smallest absolute Gasteiger partial charge is 0.00153 e. The molecule has 0 aromatic rings. The van der Waals surface area contributed by atoms with Crippen LogP contribution in [0.4, 0.5) is 0 Å². The predicted molar refractivity (Wildman–Crippen MR) is 81.8 cm³/mol. The SMILES string of the molecule is CC(C)CNCC(CC1CCCCC1)C(C)(C)C. The summed E-state index contributed by atoms with van der Waals surface area (Å²) in [5.74, 6) is 2.60. The molecule has 0 saturated heterocycles. The molecule has 0 spiro atoms. The fourth-order valence-electron chi connectivity index (χ4n) is 3.11. The molecule has 1 unspecified atom stereocenters. The van der Waals surface area contributed by atoms with Gasteiger partial charge in [-0.1, -0.05) is 66.7 Å². The zero-order valence-electron chi connectivity index (χ0n) is 13.4. The van der Waals surface area contributed by atoms with Crippen molar-refractivity contribution in [3.05, 3.63) is 0 Å². The van der Waals surface area contributed by atoms with Crippen LogP contribution < -0.4 is 5.32 Å². The van der Waals surface area contributed by atoms with Gasteiger partial charge in [0.15, 0.2) is 0 Å². The van der Waals surface area contributed by atoms with E-state index in [1.807, 2.05) is 0 Å². The van der Waals surface area contributed by atoms with Crippen molar-refractivity contribution in [2.45, 2.75) is 73.1 Å². The third-order valence-electron chi connectivity index (χ3n) is 4.51. The molecule has 0 aromatic carbocycles. The zero-order chi connectivity index (χ0) is 13.6. The largest absolute Gasteiger partial charge is 0.316 e. The van der Waals surface area contributed by atoms with E-state index in [-0.39, 0.29) is 0 Å². The van der Waals surface area contributed by atoms with Crippen molar-refractivity contribution in [2.24, 2.45) is 23.2 Å². The van der Waals surface area contributed by atoms with Crippen molar-refractivity contribution in [3.8, 4) is 0 Å². The lowest BCUT2D eigenvalue weighted by Crippen LogP contribution is -2.35. The topological polar surface area (TPSA) is 12.0 Å². The van der Waals surface area contributed by atoms with Crippen LogP contribution in [0, 0.1) is 23.2 Å². The standard InChI is InChI=1S/C17H35N/c1-14(2)12-18-13-16(17(3,4)5)11-15-9-7-6-8-10-15/h14-16,18H,6-13H2,1-5H3. The van der Waals surface area contributed by atoms with Crippen LogP contribution in [0.25, 0.3) is 0 Å². The van der Waals surface area contributed by atoms with Crippen molar-refractivity contribution in [1.29, 1.82) is 0 Å². The van der Waals surface area contributed by atoms with E-state index in [1.54, 1.807) is 0 Å². The van der Waals surface area contributed by atoms with Gasteiger partial charge in [0.1, 0.15) is 0 Å². The number of nitrogens with one attached hydrogen (secondary N) is 1. The van der Waals surface area contributed by atoms with Crippen molar-refractivity contribution in [1.82, 2.24) is 5.32 Å². The molecule has 1 rings (SSSR count). The molecule has 1 heteroatoms. The maximum atomic E-state index is 3.68. The normalized spacial score (nSPS) is 20.3. The quantitative estimate of drug-likeness (QED) is 0.712. The lowest BCUT2D eigenvalue weighted by Gasteiger charge is -2.35. The molecule has 0 radical (unpaired) electrons. The van der Waals surface area contributed by atoms with Gasteiger partial charge in [-0.05, 0) is 42.7 Å². The summed E-state index contributed by atoms with van der Waals surface area (Å²) < 4.78 is 0. The van der Waals surface area contributed by atoms with Crippen LogP contribution in [0.5, 0.6) is 0 Å². The van der Waals surface area contributed by atoms with E-state index >= 15 is 0 Å². The summed E-state index contributed by atoms with van der Waals surface area (Å²) in [4.78, 5) is 0. The molecule has 1 N–H and O–H groups in total. The molecule has 0 amide bonds. The summed E-state index contributed by atoms with van der Waals surface area (Å²) in [5.41, 5.74) is 0.446. The maximum Gasteiger partial charge on any atom is -0.00153 e. The average molecular weight is 253 g/mol. The van der Waals surface area contributed by atoms with E-state index in [0.717, 1.165) is 24.3 Å². The molecule has 1 fully saturated rings. The van der Waals surface area contributed by atoms with E-state index in [9.17, 15) is 0 Å². The molecular weight excluding hydrogens is 218 g/mol. The highest BCUT2D eigenvalue weighted by Crippen LogP contribution is 2.36. The summed E-state index contributed by atoms with van der Waals surface area (Å²) in [6.07, 6.45) is 8.83. The number of hydrogen-bond acceptors (Lipinski definition) is 1. The van der Waals surface area contributed by atoms with Gasteiger partial charge in [-0.2, -0.15) is 0 Å².